The third-order valence-electron chi connectivity index (χ3n) is 14.3. The number of ether oxygens (including phenoxy) is 2. The number of carbonyl (C=O) groups excluding carboxylic acids is 1. The predicted octanol–water partition coefficient (Wildman–Crippen LogP) is 10.3. The summed E-state index contributed by atoms with van der Waals surface area (Å²) in [7, 11) is 0. The lowest BCUT2D eigenvalue weighted by molar-refractivity contribution is -0.153. The van der Waals surface area contributed by atoms with Crippen LogP contribution in [0.3, 0.4) is 0 Å². The molecule has 48 heavy (non-hydrogen) atoms. The largest absolute Gasteiger partial charge is 0.481 e. The Balaban J connectivity index is 0.991. The number of rotatable bonds is 9. The zero-order valence-corrected chi connectivity index (χ0v) is 30.6. The van der Waals surface area contributed by atoms with Crippen molar-refractivity contribution < 1.29 is 18.7 Å². The van der Waals surface area contributed by atoms with Crippen LogP contribution in [0.2, 0.25) is 0 Å². The highest BCUT2D eigenvalue weighted by Crippen LogP contribution is 2.67. The number of fused-ring (bicyclic) bond motifs is 8. The Bertz CT molecular complexity index is 1610. The minimum absolute atomic E-state index is 0.0894. The topological polar surface area (TPSA) is 65.7 Å². The van der Waals surface area contributed by atoms with Crippen molar-refractivity contribution in [1.29, 1.82) is 0 Å². The van der Waals surface area contributed by atoms with Crippen molar-refractivity contribution >= 4 is 16.9 Å². The lowest BCUT2D eigenvalue weighted by atomic mass is 9.47. The van der Waals surface area contributed by atoms with E-state index in [1.807, 2.05) is 19.1 Å². The van der Waals surface area contributed by atoms with Gasteiger partial charge in [0.05, 0.1) is 5.39 Å². The number of aryl methyl sites for hydroxylation is 2. The molecule has 0 bridgehead atoms. The molecule has 1 aromatic carbocycles. The zero-order chi connectivity index (χ0) is 33.8. The molecule has 7 rings (SSSR count). The van der Waals surface area contributed by atoms with Gasteiger partial charge in [0.2, 0.25) is 0 Å². The quantitative estimate of drug-likeness (QED) is 0.153. The van der Waals surface area contributed by atoms with Gasteiger partial charge in [0, 0.05) is 12.0 Å². The van der Waals surface area contributed by atoms with Crippen LogP contribution in [-0.2, 0) is 22.4 Å². The second-order valence-electron chi connectivity index (χ2n) is 17.6. The Morgan fingerprint density at radius 2 is 1.77 bits per heavy atom. The van der Waals surface area contributed by atoms with Crippen LogP contribution in [-0.4, -0.2) is 18.7 Å². The van der Waals surface area contributed by atoms with Gasteiger partial charge in [-0.3, -0.25) is 0 Å². The lowest BCUT2D eigenvalue weighted by Crippen LogP contribution is -2.51. The van der Waals surface area contributed by atoms with Gasteiger partial charge in [-0.15, -0.1) is 0 Å². The maximum absolute atomic E-state index is 13.2. The summed E-state index contributed by atoms with van der Waals surface area (Å²) in [6.45, 7) is 14.3. The number of esters is 1. The van der Waals surface area contributed by atoms with E-state index < -0.39 is 0 Å². The molecule has 3 saturated carbocycles. The Morgan fingerprint density at radius 1 is 0.979 bits per heavy atom. The molecule has 8 atom stereocenters. The molecule has 0 N–H and O–H groups in total. The summed E-state index contributed by atoms with van der Waals surface area (Å²) in [6, 6.07) is 3.85. The SMILES string of the molecule is Cc1cc(OCC(=O)OC2CCC3(C)C(=CCC4C3CCC3(C)C(C(C)CCCC(C)C)CCC43)C2)c2c3c(c(=O)oc2c1)CCCC3. The molecule has 5 aliphatic carbocycles. The van der Waals surface area contributed by atoms with Crippen LogP contribution in [0.5, 0.6) is 5.75 Å². The summed E-state index contributed by atoms with van der Waals surface area (Å²) in [5.41, 5.74) is 5.31. The number of hydrogen-bond donors (Lipinski definition) is 0. The fourth-order valence-electron chi connectivity index (χ4n) is 11.9. The van der Waals surface area contributed by atoms with E-state index in [1.54, 1.807) is 5.57 Å². The van der Waals surface area contributed by atoms with Gasteiger partial charge in [-0.2, -0.15) is 0 Å². The van der Waals surface area contributed by atoms with Crippen LogP contribution < -0.4 is 10.4 Å². The molecule has 262 valence electrons. The van der Waals surface area contributed by atoms with Gasteiger partial charge in [-0.25, -0.2) is 9.59 Å². The molecular formula is C43H60O5. The minimum atomic E-state index is -0.313. The minimum Gasteiger partial charge on any atom is -0.481 e. The summed E-state index contributed by atoms with van der Waals surface area (Å²) in [5.74, 6) is 5.25. The molecule has 5 aliphatic rings. The summed E-state index contributed by atoms with van der Waals surface area (Å²) in [5, 5.41) is 0.843. The molecule has 0 spiro atoms. The standard InChI is InChI=1S/C43H60O5/c1-26(2)10-9-11-28(4)34-16-17-35-33-15-14-29-24-30(18-20-42(29,5)36(33)19-21-43(34,35)6)47-39(44)25-46-37-22-27(3)23-38-40(37)31-12-7-8-13-32(31)41(45)48-38/h14,22-23,26,28,30,33-36H,7-13,15-21,24-25H2,1-6H3. The first-order valence-electron chi connectivity index (χ1n) is 19.6. The molecule has 8 unspecified atom stereocenters. The normalized spacial score (nSPS) is 33.3. The van der Waals surface area contributed by atoms with Gasteiger partial charge < -0.3 is 13.9 Å². The van der Waals surface area contributed by atoms with E-state index in [0.717, 1.165) is 103 Å². The lowest BCUT2D eigenvalue weighted by Gasteiger charge is -2.58. The predicted molar refractivity (Wildman–Crippen MR) is 192 cm³/mol. The van der Waals surface area contributed by atoms with Crippen molar-refractivity contribution in [1.82, 2.24) is 0 Å². The maximum atomic E-state index is 13.2. The van der Waals surface area contributed by atoms with Gasteiger partial charge in [0.15, 0.2) is 6.61 Å². The summed E-state index contributed by atoms with van der Waals surface area (Å²) < 4.78 is 18.0. The monoisotopic (exact) mass is 656 g/mol. The molecule has 5 heteroatoms. The Morgan fingerprint density at radius 3 is 2.56 bits per heavy atom. The van der Waals surface area contributed by atoms with Crippen LogP contribution in [0.25, 0.3) is 11.0 Å². The van der Waals surface area contributed by atoms with Crippen LogP contribution in [0.1, 0.15) is 135 Å². The summed E-state index contributed by atoms with van der Waals surface area (Å²) >= 11 is 0. The van der Waals surface area contributed by atoms with Crippen LogP contribution in [0.15, 0.2) is 33.0 Å². The van der Waals surface area contributed by atoms with Crippen LogP contribution in [0.4, 0.5) is 0 Å². The highest BCUT2D eigenvalue weighted by atomic mass is 16.6. The molecule has 1 aromatic heterocycles. The van der Waals surface area contributed by atoms with Crippen molar-refractivity contribution in [3.63, 3.8) is 0 Å². The second kappa shape index (κ2) is 13.3. The van der Waals surface area contributed by atoms with Crippen molar-refractivity contribution in [3.8, 4) is 5.75 Å². The Labute approximate surface area is 288 Å². The van der Waals surface area contributed by atoms with Crippen molar-refractivity contribution in [3.05, 3.63) is 50.9 Å². The Hall–Kier alpha value is -2.56. The highest BCUT2D eigenvalue weighted by molar-refractivity contribution is 5.89. The summed E-state index contributed by atoms with van der Waals surface area (Å²) in [6.07, 6.45) is 19.9. The molecule has 0 radical (unpaired) electrons. The molecule has 5 nitrogen and oxygen atoms in total. The van der Waals surface area contributed by atoms with Crippen LogP contribution >= 0.6 is 0 Å². The van der Waals surface area contributed by atoms with Crippen molar-refractivity contribution in [2.45, 2.75) is 144 Å². The fourth-order valence-corrected chi connectivity index (χ4v) is 11.9. The number of carbonyl (C=O) groups is 1. The first-order valence-corrected chi connectivity index (χ1v) is 19.6. The third-order valence-corrected chi connectivity index (χ3v) is 14.3. The maximum Gasteiger partial charge on any atom is 0.344 e. The molecule has 0 saturated heterocycles. The average molecular weight is 657 g/mol. The van der Waals surface area contributed by atoms with E-state index >= 15 is 0 Å². The van der Waals surface area contributed by atoms with Gasteiger partial charge in [-0.05, 0) is 147 Å². The van der Waals surface area contributed by atoms with E-state index in [0.29, 0.717) is 16.7 Å². The summed E-state index contributed by atoms with van der Waals surface area (Å²) in [4.78, 5) is 25.9. The van der Waals surface area contributed by atoms with Gasteiger partial charge in [-0.1, -0.05) is 65.5 Å². The average Bonchev–Trinajstić information content (AvgIpc) is 3.41. The van der Waals surface area contributed by atoms with E-state index in [9.17, 15) is 9.59 Å². The smallest absolute Gasteiger partial charge is 0.344 e. The highest BCUT2D eigenvalue weighted by Gasteiger charge is 2.59. The van der Waals surface area contributed by atoms with E-state index in [-0.39, 0.29) is 29.7 Å². The van der Waals surface area contributed by atoms with E-state index in [4.69, 9.17) is 13.9 Å². The zero-order valence-electron chi connectivity index (χ0n) is 30.6. The number of allylic oxidation sites excluding steroid dienone is 1. The van der Waals surface area contributed by atoms with Crippen molar-refractivity contribution in [2.24, 2.45) is 46.3 Å². The van der Waals surface area contributed by atoms with Crippen molar-refractivity contribution in [2.75, 3.05) is 6.61 Å². The number of benzene rings is 1. The van der Waals surface area contributed by atoms with Gasteiger partial charge in [0.1, 0.15) is 17.4 Å². The van der Waals surface area contributed by atoms with Gasteiger partial charge in [0.25, 0.3) is 0 Å². The molecule has 0 amide bonds. The van der Waals surface area contributed by atoms with E-state index in [1.165, 1.54) is 51.4 Å². The molecular weight excluding hydrogens is 596 g/mol. The molecule has 3 fully saturated rings. The molecule has 0 aliphatic heterocycles. The first kappa shape index (κ1) is 33.9. The van der Waals surface area contributed by atoms with Gasteiger partial charge >= 0.3 is 11.6 Å². The van der Waals surface area contributed by atoms with Crippen LogP contribution in [0, 0.1) is 53.3 Å². The van der Waals surface area contributed by atoms with E-state index in [2.05, 4.69) is 40.7 Å². The first-order chi connectivity index (χ1) is 23.0. The molecule has 2 aromatic rings. The Kier molecular flexibility index (Phi) is 9.39. The third kappa shape index (κ3) is 6.08. The molecule has 1 heterocycles. The second-order valence-corrected chi connectivity index (χ2v) is 17.6. The number of hydrogen-bond acceptors (Lipinski definition) is 5. The fraction of sp³-hybridized carbons (Fsp3) is 0.721.